The zero-order valence-electron chi connectivity index (χ0n) is 21.9. The highest BCUT2D eigenvalue weighted by molar-refractivity contribution is 6.01. The van der Waals surface area contributed by atoms with Gasteiger partial charge in [0, 0.05) is 18.8 Å². The molecule has 0 aliphatic carbocycles. The largest absolute Gasteiger partial charge is 0.342 e. The Bertz CT molecular complexity index is 2030. The summed E-state index contributed by atoms with van der Waals surface area (Å²) in [7, 11) is 1.82. The molecule has 0 spiro atoms. The summed E-state index contributed by atoms with van der Waals surface area (Å²) < 4.78 is 4.69. The number of aryl methyl sites for hydroxylation is 2. The molecule has 1 N–H and O–H groups in total. The zero-order chi connectivity index (χ0) is 27.8. The Hall–Kier alpha value is -5.63. The number of aromatic nitrogens is 8. The summed E-state index contributed by atoms with van der Waals surface area (Å²) in [4.78, 5) is 32.4. The van der Waals surface area contributed by atoms with Crippen LogP contribution in [0.4, 0.5) is 0 Å². The van der Waals surface area contributed by atoms with Gasteiger partial charge in [0.05, 0.1) is 40.7 Å². The molecule has 4 heterocycles. The van der Waals surface area contributed by atoms with Gasteiger partial charge in [-0.1, -0.05) is 30.2 Å². The molecule has 2 aromatic carbocycles. The van der Waals surface area contributed by atoms with Crippen molar-refractivity contribution in [3.05, 3.63) is 112 Å². The molecule has 0 radical (unpaired) electrons. The van der Waals surface area contributed by atoms with Gasteiger partial charge in [0.25, 0.3) is 11.5 Å². The van der Waals surface area contributed by atoms with Crippen LogP contribution in [0.1, 0.15) is 46.1 Å². The van der Waals surface area contributed by atoms with Crippen molar-refractivity contribution in [3.63, 3.8) is 0 Å². The maximum absolute atomic E-state index is 14.1. The second-order valence-electron chi connectivity index (χ2n) is 9.21. The van der Waals surface area contributed by atoms with E-state index in [2.05, 4.69) is 37.6 Å². The molecule has 1 atom stereocenters. The minimum atomic E-state index is -0.654. The van der Waals surface area contributed by atoms with E-state index in [1.165, 1.54) is 15.3 Å². The normalized spacial score (nSPS) is 11.8. The summed E-state index contributed by atoms with van der Waals surface area (Å²) in [6, 6.07) is 15.7. The molecule has 6 aromatic rings. The highest BCUT2D eigenvalue weighted by Crippen LogP contribution is 2.21. The number of hydrogen-bond donors (Lipinski definition) is 1. The minimum absolute atomic E-state index is 0.295. The van der Waals surface area contributed by atoms with Gasteiger partial charge in [-0.15, -0.1) is 5.10 Å². The molecule has 0 unspecified atom stereocenters. The third kappa shape index (κ3) is 4.37. The molecular weight excluding hydrogens is 506 g/mol. The molecule has 11 heteroatoms. The van der Waals surface area contributed by atoms with E-state index in [4.69, 9.17) is 4.98 Å². The summed E-state index contributed by atoms with van der Waals surface area (Å²) in [5.41, 5.74) is 3.08. The number of amides is 1. The number of fused-ring (bicyclic) bond motifs is 2. The molecule has 196 valence electrons. The van der Waals surface area contributed by atoms with Gasteiger partial charge in [-0.25, -0.2) is 9.50 Å². The van der Waals surface area contributed by atoms with Crippen molar-refractivity contribution < 1.29 is 4.79 Å². The summed E-state index contributed by atoms with van der Waals surface area (Å²) >= 11 is 0. The second-order valence-corrected chi connectivity index (χ2v) is 9.21. The van der Waals surface area contributed by atoms with Crippen LogP contribution in [0.5, 0.6) is 0 Å². The first-order valence-corrected chi connectivity index (χ1v) is 12.5. The molecule has 1 amide bonds. The zero-order valence-corrected chi connectivity index (χ0v) is 21.9. The molecule has 0 saturated carbocycles. The van der Waals surface area contributed by atoms with Crippen molar-refractivity contribution in [1.29, 1.82) is 0 Å². The predicted octanol–water partition coefficient (Wildman–Crippen LogP) is 2.76. The van der Waals surface area contributed by atoms with Gasteiger partial charge in [-0.3, -0.25) is 18.8 Å². The molecule has 6 rings (SSSR count). The quantitative estimate of drug-likeness (QED) is 0.348. The van der Waals surface area contributed by atoms with E-state index in [1.807, 2.05) is 37.4 Å². The third-order valence-corrected chi connectivity index (χ3v) is 6.43. The number of carbonyl (C=O) groups excluding carboxylic acids is 1. The first-order chi connectivity index (χ1) is 19.4. The maximum atomic E-state index is 14.1. The molecular formula is C29H23N9O2. The summed E-state index contributed by atoms with van der Waals surface area (Å²) in [6.45, 7) is 3.51. The molecule has 40 heavy (non-hydrogen) atoms. The van der Waals surface area contributed by atoms with E-state index in [0.717, 1.165) is 0 Å². The van der Waals surface area contributed by atoms with Crippen LogP contribution in [-0.2, 0) is 7.05 Å². The summed E-state index contributed by atoms with van der Waals surface area (Å²) in [5.74, 6) is 6.08. The first kappa shape index (κ1) is 24.7. The van der Waals surface area contributed by atoms with Crippen LogP contribution < -0.4 is 10.9 Å². The topological polar surface area (TPSA) is 125 Å². The van der Waals surface area contributed by atoms with E-state index >= 15 is 0 Å². The Labute approximate surface area is 228 Å². The lowest BCUT2D eigenvalue weighted by Crippen LogP contribution is -2.33. The molecule has 0 saturated heterocycles. The third-order valence-electron chi connectivity index (χ3n) is 6.43. The fourth-order valence-corrected chi connectivity index (χ4v) is 4.60. The van der Waals surface area contributed by atoms with Gasteiger partial charge in [-0.05, 0) is 50.1 Å². The molecule has 11 nitrogen and oxygen atoms in total. The van der Waals surface area contributed by atoms with E-state index in [0.29, 0.717) is 50.6 Å². The Morgan fingerprint density at radius 3 is 2.60 bits per heavy atom. The fourth-order valence-electron chi connectivity index (χ4n) is 4.60. The van der Waals surface area contributed by atoms with Crippen molar-refractivity contribution in [2.45, 2.75) is 19.9 Å². The van der Waals surface area contributed by atoms with E-state index in [9.17, 15) is 9.59 Å². The number of rotatable bonds is 4. The van der Waals surface area contributed by atoms with Gasteiger partial charge in [0.2, 0.25) is 0 Å². The van der Waals surface area contributed by atoms with Crippen LogP contribution in [0.2, 0.25) is 0 Å². The highest BCUT2D eigenvalue weighted by atomic mass is 16.2. The predicted molar refractivity (Wildman–Crippen MR) is 148 cm³/mol. The number of nitrogens with one attached hydrogen (secondary N) is 1. The average Bonchev–Trinajstić information content (AvgIpc) is 3.53. The SMILES string of the molecule is Cc1nn2ccnnc2c1C(=O)N[C@@H](C)c1nc2cccc(C#Cc3ccn(C)n3)c2c(=O)n1-c1ccccc1. The maximum Gasteiger partial charge on any atom is 0.267 e. The first-order valence-electron chi connectivity index (χ1n) is 12.5. The highest BCUT2D eigenvalue weighted by Gasteiger charge is 2.24. The standard InChI is InChI=1S/C29H23N9O2/c1-18-24(27-33-30-15-17-37(27)34-18)28(39)31-19(2)26-32-23-11-7-8-20(12-13-21-14-16-36(3)35-21)25(23)29(40)38(26)22-9-5-4-6-10-22/h4-11,14-17,19H,1-3H3,(H,31,39)/t19-/m0/s1. The van der Waals surface area contributed by atoms with Gasteiger partial charge < -0.3 is 5.32 Å². The molecule has 0 aliphatic rings. The van der Waals surface area contributed by atoms with Crippen LogP contribution in [-0.4, -0.2) is 45.1 Å². The van der Waals surface area contributed by atoms with Crippen LogP contribution in [0.3, 0.4) is 0 Å². The number of hydrogen-bond acceptors (Lipinski definition) is 7. The van der Waals surface area contributed by atoms with Crippen LogP contribution >= 0.6 is 0 Å². The summed E-state index contributed by atoms with van der Waals surface area (Å²) in [5, 5.41) is 20.0. The molecule has 0 bridgehead atoms. The van der Waals surface area contributed by atoms with Gasteiger partial charge in [-0.2, -0.15) is 15.3 Å². The lowest BCUT2D eigenvalue weighted by Gasteiger charge is -2.20. The average molecular weight is 530 g/mol. The van der Waals surface area contributed by atoms with Gasteiger partial charge in [0.1, 0.15) is 17.1 Å². The van der Waals surface area contributed by atoms with Gasteiger partial charge in [0.15, 0.2) is 5.65 Å². The molecule has 0 aliphatic heterocycles. The smallest absolute Gasteiger partial charge is 0.267 e. The summed E-state index contributed by atoms with van der Waals surface area (Å²) in [6.07, 6.45) is 4.93. The Kier molecular flexibility index (Phi) is 6.12. The lowest BCUT2D eigenvalue weighted by atomic mass is 10.1. The minimum Gasteiger partial charge on any atom is -0.342 e. The van der Waals surface area contributed by atoms with E-state index in [-0.39, 0.29) is 5.56 Å². The molecule has 4 aromatic heterocycles. The van der Waals surface area contributed by atoms with Crippen molar-refractivity contribution in [2.24, 2.45) is 7.05 Å². The van der Waals surface area contributed by atoms with E-state index < -0.39 is 11.9 Å². The van der Waals surface area contributed by atoms with Crippen LogP contribution in [0.15, 0.2) is 78.0 Å². The Balaban J connectivity index is 1.48. The van der Waals surface area contributed by atoms with Gasteiger partial charge >= 0.3 is 0 Å². The molecule has 0 fully saturated rings. The number of para-hydroxylation sites is 1. The van der Waals surface area contributed by atoms with Crippen LogP contribution in [0, 0.1) is 18.8 Å². The Morgan fingerprint density at radius 1 is 1.00 bits per heavy atom. The van der Waals surface area contributed by atoms with E-state index in [1.54, 1.807) is 55.2 Å². The van der Waals surface area contributed by atoms with Crippen molar-refractivity contribution in [1.82, 2.24) is 44.5 Å². The number of benzene rings is 2. The fraction of sp³-hybridized carbons (Fsp3) is 0.138. The Morgan fingerprint density at radius 2 is 1.82 bits per heavy atom. The number of carbonyl (C=O) groups is 1. The second kappa shape index (κ2) is 9.92. The van der Waals surface area contributed by atoms with Crippen molar-refractivity contribution >= 4 is 22.5 Å². The number of nitrogens with zero attached hydrogens (tertiary/aromatic N) is 8. The monoisotopic (exact) mass is 529 g/mol. The lowest BCUT2D eigenvalue weighted by molar-refractivity contribution is 0.0938. The van der Waals surface area contributed by atoms with Crippen molar-refractivity contribution in [2.75, 3.05) is 0 Å². The van der Waals surface area contributed by atoms with Crippen LogP contribution in [0.25, 0.3) is 22.2 Å². The van der Waals surface area contributed by atoms with Crippen molar-refractivity contribution in [3.8, 4) is 17.5 Å².